The molecule has 0 atom stereocenters. The molecule has 0 bridgehead atoms. The van der Waals surface area contributed by atoms with Crippen LogP contribution in [-0.4, -0.2) is 15.9 Å². The molecule has 3 nitrogen and oxygen atoms in total. The predicted molar refractivity (Wildman–Crippen MR) is 155 cm³/mol. The number of para-hydroxylation sites is 4. The van der Waals surface area contributed by atoms with Gasteiger partial charge in [-0.3, -0.25) is 0 Å². The molecule has 0 fully saturated rings. The topological polar surface area (TPSA) is 33.6 Å². The Morgan fingerprint density at radius 3 is 1.97 bits per heavy atom. The van der Waals surface area contributed by atoms with Crippen molar-refractivity contribution in [2.24, 2.45) is 0 Å². The Labute approximate surface area is 214 Å². The molecular weight excluding hydrogens is 449 g/mol. The van der Waals surface area contributed by atoms with Crippen LogP contribution in [0.1, 0.15) is 16.7 Å². The minimum Gasteiger partial charge on any atom is -0.375 e. The van der Waals surface area contributed by atoms with Crippen molar-refractivity contribution in [3.8, 4) is 11.8 Å². The van der Waals surface area contributed by atoms with Gasteiger partial charge in [-0.1, -0.05) is 78.9 Å². The van der Waals surface area contributed by atoms with E-state index in [2.05, 4.69) is 120 Å². The Kier molecular flexibility index (Phi) is 3.95. The number of nitriles is 1. The van der Waals surface area contributed by atoms with Crippen LogP contribution in [0.5, 0.6) is 0 Å². The van der Waals surface area contributed by atoms with Crippen LogP contribution in [0, 0.1) is 25.2 Å². The predicted octanol–water partition coefficient (Wildman–Crippen LogP) is 6.35. The van der Waals surface area contributed by atoms with Crippen molar-refractivity contribution in [3.63, 3.8) is 0 Å². The zero-order valence-electron chi connectivity index (χ0n) is 20.7. The first kappa shape index (κ1) is 20.4. The molecule has 0 spiro atoms. The van der Waals surface area contributed by atoms with Crippen molar-refractivity contribution in [1.82, 2.24) is 9.05 Å². The molecule has 172 valence electrons. The Morgan fingerprint density at radius 1 is 0.622 bits per heavy atom. The lowest BCUT2D eigenvalue weighted by Crippen LogP contribution is -2.54. The first-order valence-electron chi connectivity index (χ1n) is 12.7. The van der Waals surface area contributed by atoms with Gasteiger partial charge in [0.05, 0.1) is 22.7 Å². The first-order chi connectivity index (χ1) is 18.2. The van der Waals surface area contributed by atoms with Gasteiger partial charge in [0.2, 0.25) is 0 Å². The molecule has 7 aromatic rings. The third-order valence-corrected chi connectivity index (χ3v) is 8.25. The van der Waals surface area contributed by atoms with Crippen LogP contribution in [0.15, 0.2) is 97.1 Å². The van der Waals surface area contributed by atoms with Gasteiger partial charge < -0.3 is 9.05 Å². The smallest absolute Gasteiger partial charge is 0.333 e. The average molecular weight is 471 g/mol. The van der Waals surface area contributed by atoms with Crippen molar-refractivity contribution in [2.75, 3.05) is 0 Å². The standard InChI is InChI=1S/C33H22BN3/c1-20-9-7-12-24-25-13-8-10-21(2)32(25)37(31(20)24)34-27-14-4-6-16-29(27)36-28-15-5-3-11-23(28)26-18-17-22(19-35)30(34)33(26)36/h3-18H,1-2H3. The molecular formula is C33H22BN3. The van der Waals surface area contributed by atoms with E-state index in [0.29, 0.717) is 0 Å². The minimum atomic E-state index is -0.131. The van der Waals surface area contributed by atoms with Crippen molar-refractivity contribution < 1.29 is 0 Å². The van der Waals surface area contributed by atoms with Crippen molar-refractivity contribution in [1.29, 1.82) is 5.26 Å². The SMILES string of the molecule is Cc1cccc2c3cccc(C)c3n(B3c4ccccc4-n4c5ccccc5c5ccc(C#N)c3c54)c12. The van der Waals surface area contributed by atoms with Crippen molar-refractivity contribution in [2.45, 2.75) is 13.8 Å². The van der Waals surface area contributed by atoms with Crippen LogP contribution in [0.3, 0.4) is 0 Å². The second-order valence-electron chi connectivity index (χ2n) is 10.2. The minimum absolute atomic E-state index is 0.131. The van der Waals surface area contributed by atoms with Crippen LogP contribution in [-0.2, 0) is 0 Å². The van der Waals surface area contributed by atoms with Gasteiger partial charge >= 0.3 is 6.85 Å². The number of aromatic nitrogens is 2. The summed E-state index contributed by atoms with van der Waals surface area (Å²) in [6.45, 7) is 4.27. The molecule has 0 saturated carbocycles. The number of nitrogens with zero attached hydrogens (tertiary/aromatic N) is 3. The second-order valence-corrected chi connectivity index (χ2v) is 10.2. The van der Waals surface area contributed by atoms with E-state index in [1.165, 1.54) is 60.4 Å². The van der Waals surface area contributed by atoms with E-state index in [9.17, 15) is 5.26 Å². The fourth-order valence-electron chi connectivity index (χ4n) is 6.82. The highest BCUT2D eigenvalue weighted by molar-refractivity contribution is 6.88. The van der Waals surface area contributed by atoms with Gasteiger partial charge in [-0.2, -0.15) is 5.26 Å². The summed E-state index contributed by atoms with van der Waals surface area (Å²) in [6.07, 6.45) is 0. The number of hydrogen-bond donors (Lipinski definition) is 0. The third kappa shape index (κ3) is 2.46. The van der Waals surface area contributed by atoms with Gasteiger partial charge in [0.1, 0.15) is 0 Å². The zero-order valence-corrected chi connectivity index (χ0v) is 20.7. The molecule has 37 heavy (non-hydrogen) atoms. The Hall–Kier alpha value is -4.75. The maximum Gasteiger partial charge on any atom is 0.333 e. The highest BCUT2D eigenvalue weighted by Gasteiger charge is 2.38. The molecule has 0 radical (unpaired) electrons. The molecule has 1 aliphatic heterocycles. The maximum atomic E-state index is 10.4. The van der Waals surface area contributed by atoms with E-state index in [-0.39, 0.29) is 6.85 Å². The quantitative estimate of drug-likeness (QED) is 0.257. The normalized spacial score (nSPS) is 12.5. The van der Waals surface area contributed by atoms with Gasteiger partial charge in [0.25, 0.3) is 0 Å². The van der Waals surface area contributed by atoms with Crippen molar-refractivity contribution >= 4 is 61.4 Å². The number of aryl methyl sites for hydroxylation is 2. The largest absolute Gasteiger partial charge is 0.375 e. The highest BCUT2D eigenvalue weighted by Crippen LogP contribution is 2.37. The fourth-order valence-corrected chi connectivity index (χ4v) is 6.82. The van der Waals surface area contributed by atoms with Gasteiger partial charge in [0.15, 0.2) is 0 Å². The second kappa shape index (κ2) is 7.15. The van der Waals surface area contributed by atoms with E-state index in [1.807, 2.05) is 6.07 Å². The Morgan fingerprint density at radius 2 is 1.24 bits per heavy atom. The van der Waals surface area contributed by atoms with E-state index in [0.717, 1.165) is 16.5 Å². The molecule has 8 rings (SSSR count). The molecule has 1 aliphatic rings. The zero-order chi connectivity index (χ0) is 24.8. The fraction of sp³-hybridized carbons (Fsp3) is 0.0606. The van der Waals surface area contributed by atoms with Crippen molar-refractivity contribution in [3.05, 3.63) is 114 Å². The number of hydrogen-bond acceptors (Lipinski definition) is 1. The van der Waals surface area contributed by atoms with Crippen LogP contribution >= 0.6 is 0 Å². The van der Waals surface area contributed by atoms with Gasteiger partial charge in [-0.15, -0.1) is 0 Å². The molecule has 0 aliphatic carbocycles. The summed E-state index contributed by atoms with van der Waals surface area (Å²) >= 11 is 0. The van der Waals surface area contributed by atoms with Gasteiger partial charge in [-0.25, -0.2) is 0 Å². The number of benzene rings is 5. The monoisotopic (exact) mass is 471 g/mol. The summed E-state index contributed by atoms with van der Waals surface area (Å²) in [7, 11) is 0. The number of fused-ring (bicyclic) bond motifs is 8. The van der Waals surface area contributed by atoms with Crippen LogP contribution in [0.2, 0.25) is 0 Å². The van der Waals surface area contributed by atoms with Crippen LogP contribution in [0.25, 0.3) is 49.3 Å². The maximum absolute atomic E-state index is 10.4. The van der Waals surface area contributed by atoms with E-state index in [1.54, 1.807) is 0 Å². The molecule has 5 aromatic carbocycles. The van der Waals surface area contributed by atoms with Gasteiger partial charge in [0, 0.05) is 38.3 Å². The average Bonchev–Trinajstić information content (AvgIpc) is 3.45. The molecule has 0 saturated heterocycles. The van der Waals surface area contributed by atoms with E-state index >= 15 is 0 Å². The van der Waals surface area contributed by atoms with Crippen LogP contribution < -0.4 is 10.9 Å². The third-order valence-electron chi connectivity index (χ3n) is 8.25. The summed E-state index contributed by atoms with van der Waals surface area (Å²) in [6, 6.07) is 37.2. The number of rotatable bonds is 1. The Bertz CT molecular complexity index is 2080. The van der Waals surface area contributed by atoms with E-state index < -0.39 is 0 Å². The Balaban J connectivity index is 1.67. The molecule has 0 amide bonds. The lowest BCUT2D eigenvalue weighted by atomic mass is 9.47. The van der Waals surface area contributed by atoms with Crippen LogP contribution in [0.4, 0.5) is 0 Å². The molecule has 2 aromatic heterocycles. The summed E-state index contributed by atoms with van der Waals surface area (Å²) in [5.74, 6) is 0. The summed E-state index contributed by atoms with van der Waals surface area (Å²) in [5, 5.41) is 15.4. The summed E-state index contributed by atoms with van der Waals surface area (Å²) in [5.41, 5.74) is 11.5. The summed E-state index contributed by atoms with van der Waals surface area (Å²) < 4.78 is 4.89. The lowest BCUT2D eigenvalue weighted by Gasteiger charge is -2.29. The first-order valence-corrected chi connectivity index (χ1v) is 12.7. The molecule has 0 N–H and O–H groups in total. The van der Waals surface area contributed by atoms with Gasteiger partial charge in [-0.05, 0) is 54.1 Å². The highest BCUT2D eigenvalue weighted by atomic mass is 15.0. The van der Waals surface area contributed by atoms with E-state index in [4.69, 9.17) is 0 Å². The molecule has 4 heteroatoms. The molecule has 3 heterocycles. The molecule has 0 unspecified atom stereocenters. The summed E-state index contributed by atoms with van der Waals surface area (Å²) in [4.78, 5) is 0. The lowest BCUT2D eigenvalue weighted by molar-refractivity contribution is 1.17.